The van der Waals surface area contributed by atoms with E-state index >= 15 is 0 Å². The second kappa shape index (κ2) is 10.7. The van der Waals surface area contributed by atoms with Crippen LogP contribution in [0.1, 0.15) is 38.9 Å². The smallest absolute Gasteiger partial charge is 0.258 e. The van der Waals surface area contributed by atoms with E-state index in [1.165, 1.54) is 6.92 Å². The molecule has 7 heteroatoms. The van der Waals surface area contributed by atoms with Crippen molar-refractivity contribution in [2.45, 2.75) is 6.92 Å². The van der Waals surface area contributed by atoms with Gasteiger partial charge in [-0.2, -0.15) is 0 Å². The molecule has 1 amide bonds. The minimum absolute atomic E-state index is 0.0975. The summed E-state index contributed by atoms with van der Waals surface area (Å²) in [6.07, 6.45) is 3.77. The third-order valence-electron chi connectivity index (χ3n) is 5.31. The van der Waals surface area contributed by atoms with Gasteiger partial charge in [0.05, 0.1) is 29.6 Å². The lowest BCUT2D eigenvalue weighted by atomic mass is 10.0. The zero-order valence-electron chi connectivity index (χ0n) is 19.2. The molecule has 4 aromatic rings. The largest absolute Gasteiger partial charge is 0.495 e. The molecular formula is C28H23N3O3S. The Kier molecular flexibility index (Phi) is 7.28. The number of hydrogen-bond acceptors (Lipinski definition) is 5. The van der Waals surface area contributed by atoms with Gasteiger partial charge in [-0.3, -0.25) is 14.9 Å². The maximum atomic E-state index is 13.3. The Bertz CT molecular complexity index is 1450. The van der Waals surface area contributed by atoms with E-state index in [-0.39, 0.29) is 10.9 Å². The number of anilines is 1. The summed E-state index contributed by atoms with van der Waals surface area (Å²) in [7, 11) is 1.56. The molecule has 0 saturated carbocycles. The van der Waals surface area contributed by atoms with E-state index in [1.54, 1.807) is 43.5 Å². The Morgan fingerprint density at radius 3 is 2.43 bits per heavy atom. The topological polar surface area (TPSA) is 80.3 Å². The van der Waals surface area contributed by atoms with Crippen LogP contribution in [0, 0.1) is 0 Å². The van der Waals surface area contributed by atoms with Gasteiger partial charge in [0, 0.05) is 10.9 Å². The van der Waals surface area contributed by atoms with Crippen LogP contribution < -0.4 is 15.4 Å². The molecule has 0 fully saturated rings. The Morgan fingerprint density at radius 1 is 0.943 bits per heavy atom. The first-order valence-electron chi connectivity index (χ1n) is 10.9. The zero-order valence-corrected chi connectivity index (χ0v) is 20.1. The van der Waals surface area contributed by atoms with Crippen LogP contribution in [-0.4, -0.2) is 28.9 Å². The number of para-hydroxylation sites is 2. The van der Waals surface area contributed by atoms with E-state index in [4.69, 9.17) is 17.0 Å². The lowest BCUT2D eigenvalue weighted by molar-refractivity contribution is 0.0976. The maximum Gasteiger partial charge on any atom is 0.258 e. The maximum absolute atomic E-state index is 13.3. The number of pyridine rings is 1. The first-order chi connectivity index (χ1) is 16.9. The molecule has 4 rings (SSSR count). The van der Waals surface area contributed by atoms with Crippen LogP contribution in [0.4, 0.5) is 5.69 Å². The minimum atomic E-state index is -0.417. The number of methoxy groups -OCH3 is 1. The van der Waals surface area contributed by atoms with Crippen LogP contribution in [0.15, 0.2) is 78.9 Å². The van der Waals surface area contributed by atoms with Gasteiger partial charge in [0.2, 0.25) is 0 Å². The molecule has 0 unspecified atom stereocenters. The van der Waals surface area contributed by atoms with Crippen LogP contribution in [0.25, 0.3) is 23.1 Å². The number of ether oxygens (including phenoxy) is 1. The predicted molar refractivity (Wildman–Crippen MR) is 144 cm³/mol. The van der Waals surface area contributed by atoms with E-state index in [0.717, 1.165) is 5.56 Å². The molecule has 3 aromatic carbocycles. The molecule has 6 nitrogen and oxygen atoms in total. The summed E-state index contributed by atoms with van der Waals surface area (Å²) in [5.41, 5.74) is 3.69. The van der Waals surface area contributed by atoms with Crippen molar-refractivity contribution in [1.29, 1.82) is 0 Å². The van der Waals surface area contributed by atoms with E-state index in [1.807, 2.05) is 54.6 Å². The number of nitrogens with zero attached hydrogens (tertiary/aromatic N) is 1. The van der Waals surface area contributed by atoms with Crippen molar-refractivity contribution in [3.63, 3.8) is 0 Å². The summed E-state index contributed by atoms with van der Waals surface area (Å²) in [5.74, 6) is 0.0809. The highest BCUT2D eigenvalue weighted by Crippen LogP contribution is 2.24. The summed E-state index contributed by atoms with van der Waals surface area (Å²) in [6.45, 7) is 1.48. The number of carbonyl (C=O) groups excluding carboxylic acids is 2. The van der Waals surface area contributed by atoms with Crippen molar-refractivity contribution < 1.29 is 14.3 Å². The van der Waals surface area contributed by atoms with E-state index in [9.17, 15) is 9.59 Å². The Labute approximate surface area is 208 Å². The van der Waals surface area contributed by atoms with E-state index < -0.39 is 5.91 Å². The summed E-state index contributed by atoms with van der Waals surface area (Å²) in [5, 5.41) is 6.40. The Morgan fingerprint density at radius 2 is 1.69 bits per heavy atom. The average Bonchev–Trinajstić information content (AvgIpc) is 2.87. The second-order valence-electron chi connectivity index (χ2n) is 7.74. The number of carbonyl (C=O) groups is 2. The molecule has 0 aliphatic rings. The molecule has 174 valence electrons. The number of benzene rings is 3. The average molecular weight is 482 g/mol. The molecular weight excluding hydrogens is 458 g/mol. The third-order valence-corrected chi connectivity index (χ3v) is 5.51. The van der Waals surface area contributed by atoms with E-state index in [0.29, 0.717) is 39.2 Å². The summed E-state index contributed by atoms with van der Waals surface area (Å²) in [4.78, 5) is 29.9. The summed E-state index contributed by atoms with van der Waals surface area (Å²) in [6, 6.07) is 23.9. The van der Waals surface area contributed by atoms with Crippen molar-refractivity contribution in [2.75, 3.05) is 12.4 Å². The number of hydrogen-bond donors (Lipinski definition) is 2. The molecule has 35 heavy (non-hydrogen) atoms. The van der Waals surface area contributed by atoms with Crippen LogP contribution in [-0.2, 0) is 0 Å². The molecule has 0 bridgehead atoms. The lowest BCUT2D eigenvalue weighted by Crippen LogP contribution is -2.34. The van der Waals surface area contributed by atoms with Gasteiger partial charge in [0.25, 0.3) is 5.91 Å². The van der Waals surface area contributed by atoms with Gasteiger partial charge in [-0.25, -0.2) is 4.98 Å². The number of nitrogens with one attached hydrogen (secondary N) is 2. The number of fused-ring (bicyclic) bond motifs is 1. The number of Topliss-reactive ketones (excluding diaryl/α,β-unsaturated/α-hetero) is 1. The van der Waals surface area contributed by atoms with Gasteiger partial charge >= 0.3 is 0 Å². The highest BCUT2D eigenvalue weighted by molar-refractivity contribution is 7.80. The van der Waals surface area contributed by atoms with Gasteiger partial charge in [-0.15, -0.1) is 0 Å². The molecule has 0 atom stereocenters. The van der Waals surface area contributed by atoms with Crippen molar-refractivity contribution in [2.24, 2.45) is 0 Å². The summed E-state index contributed by atoms with van der Waals surface area (Å²) < 4.78 is 5.33. The van der Waals surface area contributed by atoms with Crippen LogP contribution >= 0.6 is 12.2 Å². The number of ketones is 1. The van der Waals surface area contributed by atoms with E-state index in [2.05, 4.69) is 15.6 Å². The number of aromatic nitrogens is 1. The normalized spacial score (nSPS) is 10.8. The summed E-state index contributed by atoms with van der Waals surface area (Å²) >= 11 is 5.38. The standard InChI is InChI=1S/C28H23N3O3S/c1-18(32)20-13-15-24-22(16-20)23(17-21(29-24)14-12-19-8-4-3-5-9-19)27(33)31-28(35)30-25-10-6-7-11-26(25)34-2/h3-17H,1-2H3,(H2,30,31,33,35)/b14-12+. The fourth-order valence-corrected chi connectivity index (χ4v) is 3.76. The van der Waals surface area contributed by atoms with Crippen LogP contribution in [0.3, 0.4) is 0 Å². The van der Waals surface area contributed by atoms with Crippen molar-refractivity contribution >= 4 is 57.8 Å². The molecule has 0 radical (unpaired) electrons. The molecule has 0 aliphatic carbocycles. The van der Waals surface area contributed by atoms with Crippen molar-refractivity contribution in [3.8, 4) is 5.75 Å². The molecule has 1 aromatic heterocycles. The Balaban J connectivity index is 1.68. The third kappa shape index (κ3) is 5.77. The van der Waals surface area contributed by atoms with Gasteiger partial charge in [0.1, 0.15) is 5.75 Å². The first kappa shape index (κ1) is 23.8. The number of rotatable bonds is 6. The van der Waals surface area contributed by atoms with Gasteiger partial charge in [-0.05, 0) is 67.2 Å². The first-order valence-corrected chi connectivity index (χ1v) is 11.3. The SMILES string of the molecule is COc1ccccc1NC(=S)NC(=O)c1cc(/C=C/c2ccccc2)nc2ccc(C(C)=O)cc12. The number of amides is 1. The van der Waals surface area contributed by atoms with Gasteiger partial charge in [0.15, 0.2) is 10.9 Å². The molecule has 1 heterocycles. The minimum Gasteiger partial charge on any atom is -0.495 e. The molecule has 0 saturated heterocycles. The molecule has 0 spiro atoms. The molecule has 0 aliphatic heterocycles. The van der Waals surface area contributed by atoms with Crippen LogP contribution in [0.2, 0.25) is 0 Å². The predicted octanol–water partition coefficient (Wildman–Crippen LogP) is 5.74. The second-order valence-corrected chi connectivity index (χ2v) is 8.14. The zero-order chi connectivity index (χ0) is 24.8. The quantitative estimate of drug-likeness (QED) is 0.270. The molecule has 2 N–H and O–H groups in total. The monoisotopic (exact) mass is 481 g/mol. The highest BCUT2D eigenvalue weighted by atomic mass is 32.1. The van der Waals surface area contributed by atoms with Crippen LogP contribution in [0.5, 0.6) is 5.75 Å². The van der Waals surface area contributed by atoms with Gasteiger partial charge in [-0.1, -0.05) is 48.5 Å². The van der Waals surface area contributed by atoms with Crippen molar-refractivity contribution in [1.82, 2.24) is 10.3 Å². The van der Waals surface area contributed by atoms with Crippen molar-refractivity contribution in [3.05, 3.63) is 101 Å². The lowest BCUT2D eigenvalue weighted by Gasteiger charge is -2.14. The Hall–Kier alpha value is -4.36. The fourth-order valence-electron chi connectivity index (χ4n) is 3.56. The number of thiocarbonyl (C=S) groups is 1. The fraction of sp³-hybridized carbons (Fsp3) is 0.0714. The van der Waals surface area contributed by atoms with Gasteiger partial charge < -0.3 is 10.1 Å². The highest BCUT2D eigenvalue weighted by Gasteiger charge is 2.16.